The van der Waals surface area contributed by atoms with Gasteiger partial charge in [-0.2, -0.15) is 10.4 Å². The van der Waals surface area contributed by atoms with Crippen molar-refractivity contribution in [2.24, 2.45) is 5.92 Å². The molecule has 15 nitrogen and oxygen atoms in total. The minimum absolute atomic E-state index is 0.0331. The molecule has 288 valence electrons. The van der Waals surface area contributed by atoms with Crippen LogP contribution in [0.15, 0.2) is 48.8 Å². The van der Waals surface area contributed by atoms with Gasteiger partial charge < -0.3 is 35.2 Å². The third kappa shape index (κ3) is 8.31. The lowest BCUT2D eigenvalue weighted by molar-refractivity contribution is -0.125. The summed E-state index contributed by atoms with van der Waals surface area (Å²) < 4.78 is 8.20. The van der Waals surface area contributed by atoms with E-state index in [0.717, 1.165) is 101 Å². The number of aromatic nitrogens is 5. The van der Waals surface area contributed by atoms with Crippen LogP contribution in [-0.2, 0) is 4.79 Å². The molecule has 3 N–H and O–H groups in total. The number of halogens is 1. The Morgan fingerprint density at radius 2 is 1.80 bits per heavy atom. The highest BCUT2D eigenvalue weighted by atomic mass is 35.5. The van der Waals surface area contributed by atoms with E-state index >= 15 is 0 Å². The zero-order chi connectivity index (χ0) is 37.9. The summed E-state index contributed by atoms with van der Waals surface area (Å²) in [7, 11) is 0. The van der Waals surface area contributed by atoms with Crippen molar-refractivity contribution >= 4 is 46.0 Å². The number of ether oxygens (including phenoxy) is 1. The Hall–Kier alpha value is -5.04. The Bertz CT molecular complexity index is 2030. The van der Waals surface area contributed by atoms with Gasteiger partial charge in [-0.15, -0.1) is 10.2 Å². The molecule has 4 fully saturated rings. The van der Waals surface area contributed by atoms with Gasteiger partial charge in [0.15, 0.2) is 11.5 Å². The maximum Gasteiger partial charge on any atom is 0.272 e. The molecule has 4 aromatic rings. The van der Waals surface area contributed by atoms with Crippen LogP contribution in [0.1, 0.15) is 79.9 Å². The number of aliphatic hydroxyl groups is 1. The second-order valence-corrected chi connectivity index (χ2v) is 15.5. The summed E-state index contributed by atoms with van der Waals surface area (Å²) in [5.74, 6) is 2.33. The van der Waals surface area contributed by atoms with E-state index in [1.165, 1.54) is 0 Å². The first-order valence-electron chi connectivity index (χ1n) is 19.4. The number of hydrogen-bond acceptors (Lipinski definition) is 12. The minimum Gasteiger partial charge on any atom is -0.490 e. The van der Waals surface area contributed by atoms with Crippen LogP contribution >= 0.6 is 11.6 Å². The lowest BCUT2D eigenvalue weighted by Crippen LogP contribution is -2.54. The molecule has 1 saturated carbocycles. The molecule has 0 radical (unpaired) electrons. The molecule has 3 saturated heterocycles. The quantitative estimate of drug-likeness (QED) is 0.223. The first-order valence-corrected chi connectivity index (χ1v) is 19.7. The third-order valence-electron chi connectivity index (χ3n) is 11.6. The number of nitrogens with one attached hydrogen (secondary N) is 2. The van der Waals surface area contributed by atoms with Crippen LogP contribution in [0.25, 0.3) is 10.9 Å². The van der Waals surface area contributed by atoms with Crippen molar-refractivity contribution in [2.75, 3.05) is 49.1 Å². The number of hydrogen-bond donors (Lipinski definition) is 3. The fourth-order valence-electron chi connectivity index (χ4n) is 8.45. The predicted octanol–water partition coefficient (Wildman–Crippen LogP) is 4.02. The van der Waals surface area contributed by atoms with E-state index in [-0.39, 0.29) is 30.0 Å². The van der Waals surface area contributed by atoms with Crippen LogP contribution in [0.5, 0.6) is 5.75 Å². The van der Waals surface area contributed by atoms with Gasteiger partial charge in [0.25, 0.3) is 5.91 Å². The van der Waals surface area contributed by atoms with Crippen molar-refractivity contribution in [2.45, 2.75) is 82.3 Å². The highest BCUT2D eigenvalue weighted by Gasteiger charge is 2.30. The molecule has 2 amide bonds. The number of carbonyl (C=O) groups is 2. The number of benzene rings is 1. The molecule has 16 heteroatoms. The summed E-state index contributed by atoms with van der Waals surface area (Å²) in [6.45, 7) is 5.33. The number of carbonyl (C=O) groups excluding carboxylic acids is 2. The molecule has 1 unspecified atom stereocenters. The van der Waals surface area contributed by atoms with Crippen molar-refractivity contribution in [3.05, 3.63) is 65.1 Å². The van der Waals surface area contributed by atoms with Crippen molar-refractivity contribution < 1.29 is 19.4 Å². The second-order valence-electron chi connectivity index (χ2n) is 15.1. The molecule has 6 heterocycles. The van der Waals surface area contributed by atoms with Gasteiger partial charge in [-0.05, 0) is 87.6 Å². The van der Waals surface area contributed by atoms with E-state index in [9.17, 15) is 14.7 Å². The smallest absolute Gasteiger partial charge is 0.272 e. The molecule has 55 heavy (non-hydrogen) atoms. The van der Waals surface area contributed by atoms with E-state index in [0.29, 0.717) is 46.7 Å². The molecular formula is C39H46ClN11O4. The largest absolute Gasteiger partial charge is 0.490 e. The third-order valence-corrected chi connectivity index (χ3v) is 11.9. The maximum absolute atomic E-state index is 13.0. The maximum atomic E-state index is 13.0. The Balaban J connectivity index is 0.759. The number of pyridine rings is 1. The van der Waals surface area contributed by atoms with Crippen molar-refractivity contribution in [1.29, 1.82) is 5.26 Å². The number of amides is 2. The highest BCUT2D eigenvalue weighted by molar-refractivity contribution is 6.31. The number of nitrogens with zero attached hydrogens (tertiary/aromatic N) is 9. The number of aliphatic hydroxyl groups excluding tert-OH is 1. The summed E-state index contributed by atoms with van der Waals surface area (Å²) in [6.07, 6.45) is 10.2. The van der Waals surface area contributed by atoms with Crippen molar-refractivity contribution in [1.82, 2.24) is 40.5 Å². The number of nitriles is 1. The normalized spacial score (nSPS) is 23.0. The molecule has 1 atom stereocenters. The van der Waals surface area contributed by atoms with Gasteiger partial charge >= 0.3 is 0 Å². The number of rotatable bonds is 9. The molecule has 1 aromatic carbocycles. The van der Waals surface area contributed by atoms with E-state index < -0.39 is 6.35 Å². The van der Waals surface area contributed by atoms with E-state index in [4.69, 9.17) is 26.7 Å². The summed E-state index contributed by atoms with van der Waals surface area (Å²) in [4.78, 5) is 35.8. The van der Waals surface area contributed by atoms with Gasteiger partial charge in [0, 0.05) is 64.0 Å². The van der Waals surface area contributed by atoms with Crippen LogP contribution in [0, 0.1) is 17.2 Å². The Labute approximate surface area is 324 Å². The molecule has 0 spiro atoms. The fourth-order valence-corrected chi connectivity index (χ4v) is 8.66. The Kier molecular flexibility index (Phi) is 11.0. The van der Waals surface area contributed by atoms with E-state index in [2.05, 4.69) is 46.4 Å². The number of fused-ring (bicyclic) bond motifs is 1. The van der Waals surface area contributed by atoms with Crippen LogP contribution in [0.4, 0.5) is 11.6 Å². The van der Waals surface area contributed by atoms with Crippen LogP contribution in [-0.4, -0.2) is 105 Å². The lowest BCUT2D eigenvalue weighted by Gasteiger charge is -2.38. The SMILES string of the molecule is N#Cc1ccc(O[C@H]2CC[C@H](NC(=O)c3ccc(N4CCC(CN5CCC(n6ncc7c(N8CCC(=O)NC8O)nccc76)CC5)CC4)nn3)CC2)cc1Cl. The van der Waals surface area contributed by atoms with Gasteiger partial charge in [0.1, 0.15) is 17.6 Å². The standard InChI is InChI=1S/C39H46ClN11O4/c40-32-21-30(4-1-26(32)22-41)55-29-5-2-27(3-6-29)44-38(53)33-7-8-35(47-46-33)49-18-10-25(11-19-49)24-48-16-12-28(13-17-48)51-34-9-15-42-37(31(34)23-43-51)50-20-14-36(52)45-39(50)54/h1,4,7-9,15,21,23,25,27-29,39,54H,2-3,5-6,10-14,16-20,24H2,(H,44,53)(H,45,52)/t27-,29-,39?. The molecule has 3 aliphatic heterocycles. The Morgan fingerprint density at radius 1 is 1.00 bits per heavy atom. The zero-order valence-corrected chi connectivity index (χ0v) is 31.4. The monoisotopic (exact) mass is 767 g/mol. The molecule has 1 aliphatic carbocycles. The van der Waals surface area contributed by atoms with E-state index in [1.807, 2.05) is 18.3 Å². The molecular weight excluding hydrogens is 722 g/mol. The molecule has 0 bridgehead atoms. The van der Waals surface area contributed by atoms with Gasteiger partial charge in [0.2, 0.25) is 12.3 Å². The van der Waals surface area contributed by atoms with Gasteiger partial charge in [-0.25, -0.2) is 4.98 Å². The lowest BCUT2D eigenvalue weighted by atomic mass is 9.92. The average molecular weight is 768 g/mol. The van der Waals surface area contributed by atoms with Gasteiger partial charge in [0.05, 0.1) is 39.8 Å². The topological polar surface area (TPSA) is 178 Å². The zero-order valence-electron chi connectivity index (χ0n) is 30.7. The van der Waals surface area contributed by atoms with Crippen LogP contribution in [0.2, 0.25) is 5.02 Å². The highest BCUT2D eigenvalue weighted by Crippen LogP contribution is 2.32. The summed E-state index contributed by atoms with van der Waals surface area (Å²) >= 11 is 6.15. The van der Waals surface area contributed by atoms with Gasteiger partial charge in [-0.3, -0.25) is 14.3 Å². The molecule has 4 aliphatic rings. The number of piperidine rings is 2. The summed E-state index contributed by atoms with van der Waals surface area (Å²) in [5.41, 5.74) is 1.74. The first-order chi connectivity index (χ1) is 26.8. The second kappa shape index (κ2) is 16.4. The molecule has 8 rings (SSSR count). The van der Waals surface area contributed by atoms with Crippen molar-refractivity contribution in [3.63, 3.8) is 0 Å². The van der Waals surface area contributed by atoms with Crippen LogP contribution in [0.3, 0.4) is 0 Å². The fraction of sp³-hybridized carbons (Fsp3) is 0.513. The summed E-state index contributed by atoms with van der Waals surface area (Å²) in [6, 6.07) is 13.2. The minimum atomic E-state index is -1.10. The number of anilines is 2. The molecule has 3 aromatic heterocycles. The number of likely N-dealkylation sites (tertiary alicyclic amines) is 1. The Morgan fingerprint density at radius 3 is 2.51 bits per heavy atom. The van der Waals surface area contributed by atoms with Crippen molar-refractivity contribution in [3.8, 4) is 11.8 Å². The predicted molar refractivity (Wildman–Crippen MR) is 206 cm³/mol. The average Bonchev–Trinajstić information content (AvgIpc) is 3.64. The van der Waals surface area contributed by atoms with Crippen LogP contribution < -0.4 is 25.2 Å². The summed E-state index contributed by atoms with van der Waals surface area (Å²) in [5, 5.41) is 40.0. The van der Waals surface area contributed by atoms with E-state index in [1.54, 1.807) is 35.4 Å². The van der Waals surface area contributed by atoms with Gasteiger partial charge in [-0.1, -0.05) is 11.6 Å². The first kappa shape index (κ1) is 36.9.